The van der Waals surface area contributed by atoms with Crippen molar-refractivity contribution in [2.75, 3.05) is 6.61 Å². The molecular weight excluding hydrogens is 411 g/mol. The van der Waals surface area contributed by atoms with Crippen molar-refractivity contribution < 1.29 is 9.13 Å². The molecule has 1 unspecified atom stereocenters. The van der Waals surface area contributed by atoms with Gasteiger partial charge in [0.1, 0.15) is 18.5 Å². The Balaban J connectivity index is 1.51. The van der Waals surface area contributed by atoms with Gasteiger partial charge in [0, 0.05) is 23.5 Å². The number of aryl methyl sites for hydroxylation is 1. The highest BCUT2D eigenvalue weighted by Gasteiger charge is 2.07. The number of hydrogen-bond acceptors (Lipinski definition) is 3. The molecule has 3 rings (SSSR count). The molecule has 3 nitrogen and oxygen atoms in total. The molecular formula is C29H37FN2O. The van der Waals surface area contributed by atoms with E-state index in [0.29, 0.717) is 18.0 Å². The van der Waals surface area contributed by atoms with Crippen molar-refractivity contribution >= 4 is 0 Å². The molecule has 1 atom stereocenters. The van der Waals surface area contributed by atoms with Crippen molar-refractivity contribution in [2.24, 2.45) is 0 Å². The van der Waals surface area contributed by atoms with Crippen molar-refractivity contribution in [1.82, 2.24) is 9.97 Å². The first kappa shape index (κ1) is 24.9. The molecule has 0 aliphatic heterocycles. The minimum absolute atomic E-state index is 0.0934. The van der Waals surface area contributed by atoms with Crippen LogP contribution < -0.4 is 4.74 Å². The van der Waals surface area contributed by atoms with E-state index in [1.807, 2.05) is 43.6 Å². The quantitative estimate of drug-likeness (QED) is 0.233. The lowest BCUT2D eigenvalue weighted by atomic mass is 10.0. The topological polar surface area (TPSA) is 35.0 Å². The van der Waals surface area contributed by atoms with Crippen LogP contribution in [0.1, 0.15) is 70.8 Å². The number of rotatable bonds is 14. The Kier molecular flexibility index (Phi) is 10.3. The van der Waals surface area contributed by atoms with Gasteiger partial charge in [0.15, 0.2) is 5.82 Å². The summed E-state index contributed by atoms with van der Waals surface area (Å²) in [4.78, 5) is 9.10. The monoisotopic (exact) mass is 448 g/mol. The number of nitrogens with zero attached hydrogens (tertiary/aromatic N) is 2. The van der Waals surface area contributed by atoms with E-state index in [-0.39, 0.29) is 6.61 Å². The van der Waals surface area contributed by atoms with E-state index in [4.69, 9.17) is 4.74 Å². The fourth-order valence-corrected chi connectivity index (χ4v) is 3.88. The molecule has 33 heavy (non-hydrogen) atoms. The molecule has 2 aromatic carbocycles. The first-order valence-corrected chi connectivity index (χ1v) is 12.5. The highest BCUT2D eigenvalue weighted by molar-refractivity contribution is 5.64. The van der Waals surface area contributed by atoms with Crippen LogP contribution in [-0.4, -0.2) is 22.7 Å². The van der Waals surface area contributed by atoms with E-state index < -0.39 is 6.17 Å². The lowest BCUT2D eigenvalue weighted by molar-refractivity contribution is 0.186. The zero-order valence-corrected chi connectivity index (χ0v) is 20.1. The third-order valence-corrected chi connectivity index (χ3v) is 5.90. The van der Waals surface area contributed by atoms with Crippen LogP contribution in [0.3, 0.4) is 0 Å². The predicted molar refractivity (Wildman–Crippen MR) is 135 cm³/mol. The lowest BCUT2D eigenvalue weighted by Gasteiger charge is -2.10. The predicted octanol–water partition coefficient (Wildman–Crippen LogP) is 8.23. The molecule has 0 aliphatic rings. The Morgan fingerprint density at radius 2 is 1.36 bits per heavy atom. The highest BCUT2D eigenvalue weighted by atomic mass is 19.1. The van der Waals surface area contributed by atoms with Gasteiger partial charge in [-0.1, -0.05) is 76.6 Å². The summed E-state index contributed by atoms with van der Waals surface area (Å²) < 4.78 is 19.1. The van der Waals surface area contributed by atoms with E-state index >= 15 is 0 Å². The van der Waals surface area contributed by atoms with Gasteiger partial charge >= 0.3 is 0 Å². The fourth-order valence-electron chi connectivity index (χ4n) is 3.88. The van der Waals surface area contributed by atoms with Gasteiger partial charge in [0.25, 0.3) is 0 Å². The Bertz CT molecular complexity index is 923. The first-order valence-electron chi connectivity index (χ1n) is 12.5. The number of ether oxygens (including phenoxy) is 1. The van der Waals surface area contributed by atoms with Gasteiger partial charge in [-0.15, -0.1) is 0 Å². The maximum absolute atomic E-state index is 13.6. The summed E-state index contributed by atoms with van der Waals surface area (Å²) in [6, 6.07) is 16.3. The zero-order chi connectivity index (χ0) is 23.3. The Morgan fingerprint density at radius 3 is 2.03 bits per heavy atom. The van der Waals surface area contributed by atoms with E-state index in [2.05, 4.69) is 41.2 Å². The molecule has 1 heterocycles. The normalized spacial score (nSPS) is 12.0. The van der Waals surface area contributed by atoms with Gasteiger partial charge in [0.2, 0.25) is 0 Å². The second-order valence-electron chi connectivity index (χ2n) is 8.73. The van der Waals surface area contributed by atoms with Gasteiger partial charge in [-0.25, -0.2) is 14.4 Å². The standard InChI is InChI=1S/C29H37FN2O/c1-3-5-6-7-8-9-11-23-12-14-24(15-13-23)26-20-31-29(32-21-26)25-16-18-28(19-17-25)33-22-27(30)10-4-2/h12-21,27H,3-11,22H2,1-2H3. The Hall–Kier alpha value is -2.75. The fraction of sp³-hybridized carbons (Fsp3) is 0.448. The average Bonchev–Trinajstić information content (AvgIpc) is 2.86. The first-order chi connectivity index (χ1) is 16.2. The smallest absolute Gasteiger partial charge is 0.159 e. The summed E-state index contributed by atoms with van der Waals surface area (Å²) in [7, 11) is 0. The Morgan fingerprint density at radius 1 is 0.727 bits per heavy atom. The number of alkyl halides is 1. The van der Waals surface area contributed by atoms with Crippen molar-refractivity contribution in [3.05, 3.63) is 66.5 Å². The molecule has 0 fully saturated rings. The lowest BCUT2D eigenvalue weighted by Crippen LogP contribution is -2.12. The molecule has 0 spiro atoms. The van der Waals surface area contributed by atoms with E-state index in [1.54, 1.807) is 0 Å². The maximum Gasteiger partial charge on any atom is 0.159 e. The van der Waals surface area contributed by atoms with Crippen LogP contribution in [0, 0.1) is 0 Å². The Labute approximate surface area is 198 Å². The minimum Gasteiger partial charge on any atom is -0.491 e. The molecule has 1 aromatic heterocycles. The van der Waals surface area contributed by atoms with Crippen LogP contribution in [0.2, 0.25) is 0 Å². The molecule has 0 saturated carbocycles. The number of aromatic nitrogens is 2. The van der Waals surface area contributed by atoms with Crippen LogP contribution >= 0.6 is 0 Å². The van der Waals surface area contributed by atoms with Crippen LogP contribution in [0.15, 0.2) is 60.9 Å². The molecule has 0 amide bonds. The second kappa shape index (κ2) is 13.7. The van der Waals surface area contributed by atoms with Crippen molar-refractivity contribution in [1.29, 1.82) is 0 Å². The maximum atomic E-state index is 13.6. The SMILES string of the molecule is CCCCCCCCc1ccc(-c2cnc(-c3ccc(OCC(F)CCC)cc3)nc2)cc1. The second-order valence-corrected chi connectivity index (χ2v) is 8.73. The molecule has 176 valence electrons. The van der Waals surface area contributed by atoms with Gasteiger partial charge in [0.05, 0.1) is 0 Å². The van der Waals surface area contributed by atoms with Crippen molar-refractivity contribution in [2.45, 2.75) is 77.8 Å². The average molecular weight is 449 g/mol. The minimum atomic E-state index is -0.921. The van der Waals surface area contributed by atoms with E-state index in [1.165, 1.54) is 44.1 Å². The van der Waals surface area contributed by atoms with Gasteiger partial charge in [-0.05, 0) is 54.7 Å². The van der Waals surface area contributed by atoms with Crippen molar-refractivity contribution in [3.8, 4) is 28.3 Å². The molecule has 0 saturated heterocycles. The number of unbranched alkanes of at least 4 members (excludes halogenated alkanes) is 5. The largest absolute Gasteiger partial charge is 0.491 e. The van der Waals surface area contributed by atoms with E-state index in [9.17, 15) is 4.39 Å². The molecule has 4 heteroatoms. The van der Waals surface area contributed by atoms with Crippen molar-refractivity contribution in [3.63, 3.8) is 0 Å². The molecule has 0 radical (unpaired) electrons. The van der Waals surface area contributed by atoms with Crippen LogP contribution in [0.4, 0.5) is 4.39 Å². The molecule has 3 aromatic rings. The summed E-state index contributed by atoms with van der Waals surface area (Å²) in [5, 5.41) is 0. The van der Waals surface area contributed by atoms with Crippen LogP contribution in [0.25, 0.3) is 22.5 Å². The summed E-state index contributed by atoms with van der Waals surface area (Å²) in [5.74, 6) is 1.33. The van der Waals surface area contributed by atoms with E-state index in [0.717, 1.165) is 29.5 Å². The highest BCUT2D eigenvalue weighted by Crippen LogP contribution is 2.23. The molecule has 0 aliphatic carbocycles. The summed E-state index contributed by atoms with van der Waals surface area (Å²) in [6.45, 7) is 4.32. The van der Waals surface area contributed by atoms with Gasteiger partial charge in [-0.2, -0.15) is 0 Å². The number of halogens is 1. The molecule has 0 N–H and O–H groups in total. The summed E-state index contributed by atoms with van der Waals surface area (Å²) in [6.07, 6.45) is 13.3. The zero-order valence-electron chi connectivity index (χ0n) is 20.1. The third kappa shape index (κ3) is 8.27. The summed E-state index contributed by atoms with van der Waals surface area (Å²) >= 11 is 0. The van der Waals surface area contributed by atoms with Crippen LogP contribution in [-0.2, 0) is 6.42 Å². The summed E-state index contributed by atoms with van der Waals surface area (Å²) in [5.41, 5.74) is 4.44. The third-order valence-electron chi connectivity index (χ3n) is 5.90. The van der Waals surface area contributed by atoms with Crippen LogP contribution in [0.5, 0.6) is 5.75 Å². The number of hydrogen-bond donors (Lipinski definition) is 0. The number of benzene rings is 2. The van der Waals surface area contributed by atoms with Gasteiger partial charge < -0.3 is 4.74 Å². The molecule has 0 bridgehead atoms. The van der Waals surface area contributed by atoms with Gasteiger partial charge in [-0.3, -0.25) is 0 Å².